The number of halogens is 1. The number of aliphatic carboxylic acids is 1. The monoisotopic (exact) mass is 405 g/mol. The van der Waals surface area contributed by atoms with Gasteiger partial charge in [0.1, 0.15) is 5.70 Å². The molecule has 0 aliphatic rings. The second-order valence-electron chi connectivity index (χ2n) is 4.01. The van der Waals surface area contributed by atoms with Crippen LogP contribution >= 0.6 is 22.6 Å². The first kappa shape index (κ1) is 17.3. The van der Waals surface area contributed by atoms with Gasteiger partial charge in [-0.25, -0.2) is 4.79 Å². The summed E-state index contributed by atoms with van der Waals surface area (Å²) in [7, 11) is 1.51. The maximum absolute atomic E-state index is 11.1. The summed E-state index contributed by atoms with van der Waals surface area (Å²) in [6, 6.07) is 3.40. The molecule has 0 saturated heterocycles. The Labute approximate surface area is 136 Å². The molecule has 0 bridgehead atoms. The van der Waals surface area contributed by atoms with Crippen molar-refractivity contribution in [2.45, 2.75) is 13.8 Å². The molecular formula is C14H16INO5. The van der Waals surface area contributed by atoms with E-state index in [1.807, 2.05) is 6.92 Å². The van der Waals surface area contributed by atoms with Crippen molar-refractivity contribution in [2.75, 3.05) is 13.7 Å². The van der Waals surface area contributed by atoms with Crippen LogP contribution in [-0.2, 0) is 9.59 Å². The number of benzene rings is 1. The van der Waals surface area contributed by atoms with Gasteiger partial charge in [0.15, 0.2) is 11.5 Å². The van der Waals surface area contributed by atoms with E-state index in [2.05, 4.69) is 27.9 Å². The molecule has 1 aromatic carbocycles. The highest BCUT2D eigenvalue weighted by atomic mass is 127. The fraction of sp³-hybridized carbons (Fsp3) is 0.286. The van der Waals surface area contributed by atoms with Crippen LogP contribution in [0.5, 0.6) is 11.5 Å². The van der Waals surface area contributed by atoms with E-state index in [4.69, 9.17) is 14.6 Å². The highest BCUT2D eigenvalue weighted by Gasteiger charge is 2.13. The molecule has 0 aliphatic heterocycles. The van der Waals surface area contributed by atoms with Crippen molar-refractivity contribution in [3.05, 3.63) is 27.0 Å². The van der Waals surface area contributed by atoms with Crippen LogP contribution in [0.1, 0.15) is 19.4 Å². The zero-order valence-corrected chi connectivity index (χ0v) is 14.1. The molecule has 1 aromatic rings. The molecule has 6 nitrogen and oxygen atoms in total. The molecule has 21 heavy (non-hydrogen) atoms. The normalized spacial score (nSPS) is 11.0. The predicted octanol–water partition coefficient (Wildman–Crippen LogP) is 2.26. The van der Waals surface area contributed by atoms with Gasteiger partial charge in [-0.1, -0.05) is 0 Å². The first-order valence-corrected chi connectivity index (χ1v) is 7.19. The van der Waals surface area contributed by atoms with Crippen LogP contribution in [0.3, 0.4) is 0 Å². The Morgan fingerprint density at radius 2 is 2.10 bits per heavy atom. The second-order valence-corrected chi connectivity index (χ2v) is 5.17. The van der Waals surface area contributed by atoms with E-state index in [0.717, 1.165) is 3.57 Å². The Kier molecular flexibility index (Phi) is 6.47. The van der Waals surface area contributed by atoms with Crippen molar-refractivity contribution in [1.29, 1.82) is 0 Å². The lowest BCUT2D eigenvalue weighted by Gasteiger charge is -2.12. The standard InChI is InChI=1S/C14H16INO5/c1-4-21-13-10(15)5-9(7-12(13)20-3)6-11(14(18)19)16-8(2)17/h5-7H,4H2,1-3H3,(H,16,17)(H,18,19)/b11-6+. The summed E-state index contributed by atoms with van der Waals surface area (Å²) < 4.78 is 11.5. The van der Waals surface area contributed by atoms with Gasteiger partial charge in [-0.3, -0.25) is 4.79 Å². The predicted molar refractivity (Wildman–Crippen MR) is 86.3 cm³/mol. The molecule has 0 radical (unpaired) electrons. The Morgan fingerprint density at radius 1 is 1.43 bits per heavy atom. The van der Waals surface area contributed by atoms with Crippen LogP contribution in [-0.4, -0.2) is 30.7 Å². The van der Waals surface area contributed by atoms with Gasteiger partial charge in [0, 0.05) is 6.92 Å². The van der Waals surface area contributed by atoms with Crippen molar-refractivity contribution < 1.29 is 24.2 Å². The topological polar surface area (TPSA) is 84.9 Å². The molecule has 0 saturated carbocycles. The third-order valence-electron chi connectivity index (χ3n) is 2.39. The molecule has 2 N–H and O–H groups in total. The maximum Gasteiger partial charge on any atom is 0.352 e. The Morgan fingerprint density at radius 3 is 2.57 bits per heavy atom. The number of hydrogen-bond donors (Lipinski definition) is 2. The molecule has 7 heteroatoms. The molecule has 114 valence electrons. The van der Waals surface area contributed by atoms with Gasteiger partial charge in [-0.15, -0.1) is 0 Å². The molecule has 0 aliphatic carbocycles. The zero-order chi connectivity index (χ0) is 16.0. The molecule has 0 fully saturated rings. The summed E-state index contributed by atoms with van der Waals surface area (Å²) in [4.78, 5) is 22.1. The molecular weight excluding hydrogens is 389 g/mol. The summed E-state index contributed by atoms with van der Waals surface area (Å²) in [5.41, 5.74) is 0.385. The highest BCUT2D eigenvalue weighted by molar-refractivity contribution is 14.1. The van der Waals surface area contributed by atoms with Gasteiger partial charge in [-0.05, 0) is 53.3 Å². The quantitative estimate of drug-likeness (QED) is 0.561. The van der Waals surface area contributed by atoms with E-state index in [-0.39, 0.29) is 5.70 Å². The summed E-state index contributed by atoms with van der Waals surface area (Å²) in [6.45, 7) is 3.61. The Balaban J connectivity index is 3.27. The van der Waals surface area contributed by atoms with Gasteiger partial charge in [0.05, 0.1) is 17.3 Å². The van der Waals surface area contributed by atoms with Crippen LogP contribution in [0.4, 0.5) is 0 Å². The van der Waals surface area contributed by atoms with E-state index < -0.39 is 11.9 Å². The summed E-state index contributed by atoms with van der Waals surface area (Å²) >= 11 is 2.08. The highest BCUT2D eigenvalue weighted by Crippen LogP contribution is 2.34. The zero-order valence-electron chi connectivity index (χ0n) is 11.9. The van der Waals surface area contributed by atoms with Crippen LogP contribution in [0.2, 0.25) is 0 Å². The first-order valence-electron chi connectivity index (χ1n) is 6.12. The molecule has 0 atom stereocenters. The second kappa shape index (κ2) is 7.87. The maximum atomic E-state index is 11.1. The van der Waals surface area contributed by atoms with Crippen LogP contribution in [0.15, 0.2) is 17.8 Å². The Hall–Kier alpha value is -1.77. The molecule has 0 unspecified atom stereocenters. The molecule has 0 heterocycles. The number of amides is 1. The van der Waals surface area contributed by atoms with Gasteiger partial charge < -0.3 is 19.9 Å². The number of hydrogen-bond acceptors (Lipinski definition) is 4. The lowest BCUT2D eigenvalue weighted by atomic mass is 10.1. The van der Waals surface area contributed by atoms with Gasteiger partial charge in [0.2, 0.25) is 5.91 Å². The van der Waals surface area contributed by atoms with E-state index in [1.165, 1.54) is 20.1 Å². The smallest absolute Gasteiger partial charge is 0.352 e. The third-order valence-corrected chi connectivity index (χ3v) is 3.19. The fourth-order valence-corrected chi connectivity index (χ4v) is 2.40. The number of carboxylic acids is 1. The average molecular weight is 405 g/mol. The van der Waals surface area contributed by atoms with Crippen LogP contribution in [0.25, 0.3) is 6.08 Å². The van der Waals surface area contributed by atoms with E-state index in [1.54, 1.807) is 12.1 Å². The molecule has 1 amide bonds. The van der Waals surface area contributed by atoms with Crippen molar-refractivity contribution in [2.24, 2.45) is 0 Å². The number of carboxylic acid groups (broad SMARTS) is 1. The van der Waals surface area contributed by atoms with Gasteiger partial charge in [-0.2, -0.15) is 0 Å². The lowest BCUT2D eigenvalue weighted by molar-refractivity contribution is -0.134. The third kappa shape index (κ3) is 4.92. The van der Waals surface area contributed by atoms with Crippen LogP contribution in [0, 0.1) is 3.57 Å². The van der Waals surface area contributed by atoms with Crippen LogP contribution < -0.4 is 14.8 Å². The minimum atomic E-state index is -1.21. The van der Waals surface area contributed by atoms with Crippen molar-refractivity contribution in [3.8, 4) is 11.5 Å². The molecule has 0 spiro atoms. The van der Waals surface area contributed by atoms with E-state index in [9.17, 15) is 9.59 Å². The lowest BCUT2D eigenvalue weighted by Crippen LogP contribution is -2.24. The largest absolute Gasteiger partial charge is 0.493 e. The van der Waals surface area contributed by atoms with Crippen molar-refractivity contribution in [1.82, 2.24) is 5.32 Å². The Bertz CT molecular complexity index is 583. The van der Waals surface area contributed by atoms with Crippen molar-refractivity contribution in [3.63, 3.8) is 0 Å². The van der Waals surface area contributed by atoms with Gasteiger partial charge in [0.25, 0.3) is 0 Å². The first-order chi connectivity index (χ1) is 9.88. The van der Waals surface area contributed by atoms with Crippen molar-refractivity contribution >= 4 is 40.5 Å². The number of carbonyl (C=O) groups is 2. The fourth-order valence-electron chi connectivity index (χ4n) is 1.62. The summed E-state index contributed by atoms with van der Waals surface area (Å²) in [5.74, 6) is -0.555. The summed E-state index contributed by atoms with van der Waals surface area (Å²) in [5, 5.41) is 11.3. The van der Waals surface area contributed by atoms with Gasteiger partial charge >= 0.3 is 5.97 Å². The van der Waals surface area contributed by atoms with E-state index >= 15 is 0 Å². The molecule has 0 aromatic heterocycles. The number of rotatable bonds is 6. The number of ether oxygens (including phenoxy) is 2. The summed E-state index contributed by atoms with van der Waals surface area (Å²) in [6.07, 6.45) is 1.37. The number of carbonyl (C=O) groups excluding carboxylic acids is 1. The number of nitrogens with one attached hydrogen (secondary N) is 1. The molecule has 1 rings (SSSR count). The van der Waals surface area contributed by atoms with E-state index in [0.29, 0.717) is 23.7 Å². The SMILES string of the molecule is CCOc1c(I)cc(/C=C(/NC(C)=O)C(=O)O)cc1OC. The average Bonchev–Trinajstić information content (AvgIpc) is 2.40. The minimum absolute atomic E-state index is 0.204. The number of methoxy groups -OCH3 is 1. The minimum Gasteiger partial charge on any atom is -0.493 e.